The SMILES string of the molecule is CC1Cc2ccccc2N1C(=O)C1CCCNC1. The minimum Gasteiger partial charge on any atom is -0.316 e. The Kier molecular flexibility index (Phi) is 3.08. The van der Waals surface area contributed by atoms with Gasteiger partial charge in [-0.15, -0.1) is 0 Å². The number of piperidine rings is 1. The summed E-state index contributed by atoms with van der Waals surface area (Å²) in [6, 6.07) is 8.60. The van der Waals surface area contributed by atoms with Gasteiger partial charge in [0.1, 0.15) is 0 Å². The van der Waals surface area contributed by atoms with E-state index < -0.39 is 0 Å². The fourth-order valence-electron chi connectivity index (χ4n) is 3.16. The average Bonchev–Trinajstić information content (AvgIpc) is 2.75. The Hall–Kier alpha value is -1.35. The normalized spacial score (nSPS) is 27.1. The van der Waals surface area contributed by atoms with Crippen LogP contribution in [0.4, 0.5) is 5.69 Å². The van der Waals surface area contributed by atoms with Gasteiger partial charge in [-0.05, 0) is 44.4 Å². The van der Waals surface area contributed by atoms with Crippen molar-refractivity contribution in [2.75, 3.05) is 18.0 Å². The second-order valence-corrected chi connectivity index (χ2v) is 5.43. The molecule has 1 fully saturated rings. The molecule has 0 radical (unpaired) electrons. The van der Waals surface area contributed by atoms with Crippen molar-refractivity contribution < 1.29 is 4.79 Å². The molecule has 1 aromatic rings. The molecule has 2 aliphatic heterocycles. The van der Waals surface area contributed by atoms with Crippen LogP contribution in [0.3, 0.4) is 0 Å². The molecule has 3 heteroatoms. The van der Waals surface area contributed by atoms with Crippen molar-refractivity contribution in [3.8, 4) is 0 Å². The van der Waals surface area contributed by atoms with E-state index in [0.29, 0.717) is 11.9 Å². The van der Waals surface area contributed by atoms with Gasteiger partial charge in [-0.25, -0.2) is 0 Å². The first-order valence-corrected chi connectivity index (χ1v) is 6.89. The Morgan fingerprint density at radius 3 is 3.00 bits per heavy atom. The van der Waals surface area contributed by atoms with Crippen molar-refractivity contribution in [1.29, 1.82) is 0 Å². The van der Waals surface area contributed by atoms with Crippen LogP contribution in [-0.2, 0) is 11.2 Å². The number of carbonyl (C=O) groups excluding carboxylic acids is 1. The molecule has 18 heavy (non-hydrogen) atoms. The van der Waals surface area contributed by atoms with Crippen LogP contribution in [0.1, 0.15) is 25.3 Å². The second kappa shape index (κ2) is 4.73. The molecule has 0 bridgehead atoms. The summed E-state index contributed by atoms with van der Waals surface area (Å²) >= 11 is 0. The van der Waals surface area contributed by atoms with E-state index in [4.69, 9.17) is 0 Å². The number of benzene rings is 1. The van der Waals surface area contributed by atoms with Crippen molar-refractivity contribution in [3.63, 3.8) is 0 Å². The minimum atomic E-state index is 0.160. The number of carbonyl (C=O) groups is 1. The van der Waals surface area contributed by atoms with E-state index in [0.717, 1.165) is 38.0 Å². The van der Waals surface area contributed by atoms with Gasteiger partial charge in [0.25, 0.3) is 0 Å². The van der Waals surface area contributed by atoms with Crippen LogP contribution in [0.5, 0.6) is 0 Å². The van der Waals surface area contributed by atoms with E-state index >= 15 is 0 Å². The lowest BCUT2D eigenvalue weighted by Crippen LogP contribution is -2.45. The first-order chi connectivity index (χ1) is 8.77. The number of fused-ring (bicyclic) bond motifs is 1. The summed E-state index contributed by atoms with van der Waals surface area (Å²) in [5, 5.41) is 3.33. The zero-order chi connectivity index (χ0) is 12.5. The average molecular weight is 244 g/mol. The Morgan fingerprint density at radius 1 is 1.39 bits per heavy atom. The number of nitrogens with zero attached hydrogens (tertiary/aromatic N) is 1. The molecular formula is C15H20N2O. The standard InChI is InChI=1S/C15H20N2O/c1-11-9-12-5-2-3-7-14(12)17(11)15(18)13-6-4-8-16-10-13/h2-3,5,7,11,13,16H,4,6,8-10H2,1H3. The number of para-hydroxylation sites is 1. The summed E-state index contributed by atoms with van der Waals surface area (Å²) in [5.74, 6) is 0.465. The van der Waals surface area contributed by atoms with Crippen molar-refractivity contribution in [2.24, 2.45) is 5.92 Å². The Labute approximate surface area is 108 Å². The molecule has 3 nitrogen and oxygen atoms in total. The highest BCUT2D eigenvalue weighted by Crippen LogP contribution is 2.33. The van der Waals surface area contributed by atoms with Crippen LogP contribution < -0.4 is 10.2 Å². The summed E-state index contributed by atoms with van der Waals surface area (Å²) < 4.78 is 0. The Bertz CT molecular complexity index is 452. The molecule has 0 spiro atoms. The third-order valence-electron chi connectivity index (χ3n) is 4.09. The molecule has 3 rings (SSSR count). The highest BCUT2D eigenvalue weighted by molar-refractivity contribution is 5.97. The van der Waals surface area contributed by atoms with Gasteiger partial charge in [0.05, 0.1) is 5.92 Å². The first-order valence-electron chi connectivity index (χ1n) is 6.89. The quantitative estimate of drug-likeness (QED) is 0.819. The minimum absolute atomic E-state index is 0.160. The highest BCUT2D eigenvalue weighted by Gasteiger charge is 2.34. The van der Waals surface area contributed by atoms with Gasteiger partial charge in [0.2, 0.25) is 5.91 Å². The van der Waals surface area contributed by atoms with Gasteiger partial charge in [-0.2, -0.15) is 0 Å². The number of amides is 1. The zero-order valence-electron chi connectivity index (χ0n) is 10.9. The fourth-order valence-corrected chi connectivity index (χ4v) is 3.16. The van der Waals surface area contributed by atoms with Gasteiger partial charge < -0.3 is 10.2 Å². The van der Waals surface area contributed by atoms with E-state index in [1.165, 1.54) is 5.56 Å². The van der Waals surface area contributed by atoms with Crippen LogP contribution in [-0.4, -0.2) is 25.0 Å². The van der Waals surface area contributed by atoms with Gasteiger partial charge in [0.15, 0.2) is 0 Å². The van der Waals surface area contributed by atoms with Crippen LogP contribution in [0.25, 0.3) is 0 Å². The number of nitrogens with one attached hydrogen (secondary N) is 1. The third-order valence-corrected chi connectivity index (χ3v) is 4.09. The number of hydrogen-bond acceptors (Lipinski definition) is 2. The van der Waals surface area contributed by atoms with E-state index in [9.17, 15) is 4.79 Å². The molecule has 2 heterocycles. The van der Waals surface area contributed by atoms with Crippen molar-refractivity contribution in [1.82, 2.24) is 5.32 Å². The number of rotatable bonds is 1. The second-order valence-electron chi connectivity index (χ2n) is 5.43. The molecule has 2 aliphatic rings. The van der Waals surface area contributed by atoms with Crippen LogP contribution in [0.15, 0.2) is 24.3 Å². The lowest BCUT2D eigenvalue weighted by atomic mass is 9.97. The van der Waals surface area contributed by atoms with Crippen molar-refractivity contribution >= 4 is 11.6 Å². The molecule has 1 saturated heterocycles. The molecule has 1 amide bonds. The smallest absolute Gasteiger partial charge is 0.231 e. The molecule has 0 aromatic heterocycles. The number of hydrogen-bond donors (Lipinski definition) is 1. The molecule has 96 valence electrons. The van der Waals surface area contributed by atoms with Crippen LogP contribution in [0, 0.1) is 5.92 Å². The largest absolute Gasteiger partial charge is 0.316 e. The van der Waals surface area contributed by atoms with Crippen molar-refractivity contribution in [2.45, 2.75) is 32.2 Å². The fraction of sp³-hybridized carbons (Fsp3) is 0.533. The topological polar surface area (TPSA) is 32.3 Å². The van der Waals surface area contributed by atoms with Crippen molar-refractivity contribution in [3.05, 3.63) is 29.8 Å². The van der Waals surface area contributed by atoms with Gasteiger partial charge in [-0.3, -0.25) is 4.79 Å². The van der Waals surface area contributed by atoms with Gasteiger partial charge in [0, 0.05) is 18.3 Å². The summed E-state index contributed by atoms with van der Waals surface area (Å²) in [6.07, 6.45) is 3.12. The van der Waals surface area contributed by atoms with E-state index in [-0.39, 0.29) is 5.92 Å². The molecule has 2 atom stereocenters. The lowest BCUT2D eigenvalue weighted by molar-refractivity contribution is -0.123. The molecule has 0 saturated carbocycles. The van der Waals surface area contributed by atoms with Gasteiger partial charge in [-0.1, -0.05) is 18.2 Å². The molecule has 0 aliphatic carbocycles. The highest BCUT2D eigenvalue weighted by atomic mass is 16.2. The maximum atomic E-state index is 12.7. The summed E-state index contributed by atoms with van der Waals surface area (Å²) in [7, 11) is 0. The number of anilines is 1. The molecule has 2 unspecified atom stereocenters. The molecule has 1 N–H and O–H groups in total. The maximum absolute atomic E-state index is 12.7. The monoisotopic (exact) mass is 244 g/mol. The first kappa shape index (κ1) is 11.7. The summed E-state index contributed by atoms with van der Waals surface area (Å²) in [5.41, 5.74) is 2.43. The van der Waals surface area contributed by atoms with E-state index in [1.54, 1.807) is 0 Å². The lowest BCUT2D eigenvalue weighted by Gasteiger charge is -2.30. The van der Waals surface area contributed by atoms with Crippen LogP contribution >= 0.6 is 0 Å². The van der Waals surface area contributed by atoms with Crippen LogP contribution in [0.2, 0.25) is 0 Å². The third kappa shape index (κ3) is 1.93. The Morgan fingerprint density at radius 2 is 2.22 bits per heavy atom. The predicted molar refractivity (Wildman–Crippen MR) is 72.7 cm³/mol. The van der Waals surface area contributed by atoms with E-state index in [2.05, 4.69) is 30.4 Å². The van der Waals surface area contributed by atoms with E-state index in [1.807, 2.05) is 11.0 Å². The molecular weight excluding hydrogens is 224 g/mol. The van der Waals surface area contributed by atoms with Gasteiger partial charge >= 0.3 is 0 Å². The summed E-state index contributed by atoms with van der Waals surface area (Å²) in [6.45, 7) is 4.04. The zero-order valence-corrected chi connectivity index (χ0v) is 10.9. The summed E-state index contributed by atoms with van der Waals surface area (Å²) in [4.78, 5) is 14.7. The molecule has 1 aromatic carbocycles. The Balaban J connectivity index is 1.85. The maximum Gasteiger partial charge on any atom is 0.231 e. The predicted octanol–water partition coefficient (Wildman–Crippen LogP) is 1.96.